The van der Waals surface area contributed by atoms with Crippen molar-refractivity contribution in [3.05, 3.63) is 23.8 Å². The summed E-state index contributed by atoms with van der Waals surface area (Å²) in [6.07, 6.45) is 5.71. The third kappa shape index (κ3) is 5.46. The third-order valence-corrected chi connectivity index (χ3v) is 6.15. The summed E-state index contributed by atoms with van der Waals surface area (Å²) in [6, 6.07) is 6.13. The molecule has 3 aliphatic rings. The summed E-state index contributed by atoms with van der Waals surface area (Å²) in [5, 5.41) is 7.03. The van der Waals surface area contributed by atoms with Crippen molar-refractivity contribution in [2.24, 2.45) is 4.99 Å². The number of hydrogen-bond acceptors (Lipinski definition) is 5. The molecule has 0 atom stereocenters. The number of halogens is 1. The minimum Gasteiger partial charge on any atom is -0.454 e. The van der Waals surface area contributed by atoms with Gasteiger partial charge in [-0.25, -0.2) is 0 Å². The highest BCUT2D eigenvalue weighted by Gasteiger charge is 2.39. The Bertz CT molecular complexity index is 689. The SMILES string of the molecule is CN=C(NCCc1ccc2c(c1)OCO2)NCC1(N2CCCC2)CCOCC1.I. The Morgan fingerprint density at radius 3 is 2.62 bits per heavy atom. The molecule has 0 radical (unpaired) electrons. The second-order valence-corrected chi connectivity index (χ2v) is 7.82. The van der Waals surface area contributed by atoms with Gasteiger partial charge in [0.2, 0.25) is 6.79 Å². The molecule has 4 rings (SSSR count). The van der Waals surface area contributed by atoms with Crippen molar-refractivity contribution < 1.29 is 14.2 Å². The molecule has 1 aromatic carbocycles. The van der Waals surface area contributed by atoms with Gasteiger partial charge in [-0.1, -0.05) is 6.07 Å². The standard InChI is InChI=1S/C21H32N4O3.HI/c1-22-20(23-9-6-17-4-5-18-19(14-17)28-16-27-18)24-15-21(7-12-26-13-8-21)25-10-2-3-11-25;/h4-5,14H,2-3,6-13,15-16H2,1H3,(H2,22,23,24);1H. The molecule has 162 valence electrons. The molecule has 3 aliphatic heterocycles. The topological polar surface area (TPSA) is 67.4 Å². The van der Waals surface area contributed by atoms with Crippen LogP contribution >= 0.6 is 24.0 Å². The molecule has 3 heterocycles. The van der Waals surface area contributed by atoms with Crippen molar-refractivity contribution in [2.45, 2.75) is 37.6 Å². The number of nitrogens with one attached hydrogen (secondary N) is 2. The Morgan fingerprint density at radius 2 is 1.86 bits per heavy atom. The van der Waals surface area contributed by atoms with Crippen LogP contribution in [0.25, 0.3) is 0 Å². The Labute approximate surface area is 190 Å². The van der Waals surface area contributed by atoms with Crippen LogP contribution in [0.2, 0.25) is 0 Å². The van der Waals surface area contributed by atoms with E-state index in [-0.39, 0.29) is 29.5 Å². The average Bonchev–Trinajstić information content (AvgIpc) is 3.43. The van der Waals surface area contributed by atoms with E-state index in [2.05, 4.69) is 32.7 Å². The second-order valence-electron chi connectivity index (χ2n) is 7.82. The van der Waals surface area contributed by atoms with Crippen molar-refractivity contribution in [3.63, 3.8) is 0 Å². The molecule has 1 aromatic rings. The van der Waals surface area contributed by atoms with Crippen molar-refractivity contribution in [1.82, 2.24) is 15.5 Å². The summed E-state index contributed by atoms with van der Waals surface area (Å²) in [4.78, 5) is 7.09. The van der Waals surface area contributed by atoms with Gasteiger partial charge >= 0.3 is 0 Å². The lowest BCUT2D eigenvalue weighted by molar-refractivity contribution is -0.0164. The minimum absolute atomic E-state index is 0. The lowest BCUT2D eigenvalue weighted by atomic mass is 9.88. The van der Waals surface area contributed by atoms with Gasteiger partial charge in [0, 0.05) is 38.9 Å². The van der Waals surface area contributed by atoms with E-state index in [4.69, 9.17) is 14.2 Å². The van der Waals surface area contributed by atoms with Crippen molar-refractivity contribution in [1.29, 1.82) is 0 Å². The lowest BCUT2D eigenvalue weighted by Crippen LogP contribution is -2.58. The van der Waals surface area contributed by atoms with E-state index < -0.39 is 0 Å². The molecule has 8 heteroatoms. The van der Waals surface area contributed by atoms with Crippen LogP contribution < -0.4 is 20.1 Å². The van der Waals surface area contributed by atoms with Crippen LogP contribution in [-0.2, 0) is 11.2 Å². The number of likely N-dealkylation sites (tertiary alicyclic amines) is 1. The van der Waals surface area contributed by atoms with E-state index in [0.717, 1.165) is 63.0 Å². The summed E-state index contributed by atoms with van der Waals surface area (Å²) in [5.41, 5.74) is 1.43. The average molecular weight is 516 g/mol. The van der Waals surface area contributed by atoms with Crippen LogP contribution in [0.15, 0.2) is 23.2 Å². The third-order valence-electron chi connectivity index (χ3n) is 6.15. The number of hydrogen-bond donors (Lipinski definition) is 2. The lowest BCUT2D eigenvalue weighted by Gasteiger charge is -2.45. The molecule has 2 saturated heterocycles. The van der Waals surface area contributed by atoms with Crippen molar-refractivity contribution in [2.75, 3.05) is 53.2 Å². The molecular formula is C21H33IN4O3. The molecule has 0 amide bonds. The first kappa shape index (κ1) is 22.4. The van der Waals surface area contributed by atoms with E-state index in [1.54, 1.807) is 0 Å². The smallest absolute Gasteiger partial charge is 0.231 e. The monoisotopic (exact) mass is 516 g/mol. The van der Waals surface area contributed by atoms with Crippen LogP contribution in [0.1, 0.15) is 31.2 Å². The zero-order valence-electron chi connectivity index (χ0n) is 17.2. The highest BCUT2D eigenvalue weighted by atomic mass is 127. The number of guanidine groups is 1. The fraction of sp³-hybridized carbons (Fsp3) is 0.667. The Hall–Kier alpha value is -1.26. The predicted octanol–water partition coefficient (Wildman–Crippen LogP) is 2.39. The van der Waals surface area contributed by atoms with Crippen LogP contribution in [0, 0.1) is 0 Å². The van der Waals surface area contributed by atoms with Gasteiger partial charge in [0.15, 0.2) is 17.5 Å². The number of nitrogens with zero attached hydrogens (tertiary/aromatic N) is 2. The molecule has 0 unspecified atom stereocenters. The highest BCUT2D eigenvalue weighted by Crippen LogP contribution is 2.32. The highest BCUT2D eigenvalue weighted by molar-refractivity contribution is 14.0. The molecule has 0 aromatic heterocycles. The zero-order valence-corrected chi connectivity index (χ0v) is 19.6. The first-order valence-electron chi connectivity index (χ1n) is 10.4. The van der Waals surface area contributed by atoms with Gasteiger partial charge in [-0.05, 0) is 62.9 Å². The number of aliphatic imine (C=N–C) groups is 1. The van der Waals surface area contributed by atoms with Gasteiger partial charge in [-0.3, -0.25) is 9.89 Å². The summed E-state index contributed by atoms with van der Waals surface area (Å²) < 4.78 is 16.5. The molecule has 2 N–H and O–H groups in total. The number of fused-ring (bicyclic) bond motifs is 1. The maximum Gasteiger partial charge on any atom is 0.231 e. The van der Waals surface area contributed by atoms with Crippen LogP contribution in [0.4, 0.5) is 0 Å². The maximum atomic E-state index is 5.64. The number of ether oxygens (including phenoxy) is 3. The van der Waals surface area contributed by atoms with Crippen LogP contribution in [-0.4, -0.2) is 69.6 Å². The fourth-order valence-electron chi connectivity index (χ4n) is 4.44. The van der Waals surface area contributed by atoms with E-state index in [1.807, 2.05) is 13.1 Å². The number of rotatable bonds is 6. The minimum atomic E-state index is 0. The Balaban J connectivity index is 0.00000240. The Morgan fingerprint density at radius 1 is 1.10 bits per heavy atom. The van der Waals surface area contributed by atoms with Crippen molar-refractivity contribution >= 4 is 29.9 Å². The quantitative estimate of drug-likeness (QED) is 0.344. The molecular weight excluding hydrogens is 483 g/mol. The predicted molar refractivity (Wildman–Crippen MR) is 125 cm³/mol. The van der Waals surface area contributed by atoms with Gasteiger partial charge < -0.3 is 24.8 Å². The van der Waals surface area contributed by atoms with E-state index in [0.29, 0.717) is 6.79 Å². The Kier molecular flexibility index (Phi) is 8.25. The second kappa shape index (κ2) is 10.7. The first-order valence-corrected chi connectivity index (χ1v) is 10.4. The largest absolute Gasteiger partial charge is 0.454 e. The van der Waals surface area contributed by atoms with Crippen LogP contribution in [0.3, 0.4) is 0 Å². The zero-order chi connectivity index (χ0) is 19.2. The summed E-state index contributed by atoms with van der Waals surface area (Å²) in [5.74, 6) is 2.54. The molecule has 0 saturated carbocycles. The molecule has 0 bridgehead atoms. The molecule has 0 aliphatic carbocycles. The van der Waals surface area contributed by atoms with Gasteiger partial charge in [-0.15, -0.1) is 24.0 Å². The fourth-order valence-corrected chi connectivity index (χ4v) is 4.44. The van der Waals surface area contributed by atoms with E-state index >= 15 is 0 Å². The number of benzene rings is 1. The molecule has 0 spiro atoms. The summed E-state index contributed by atoms with van der Waals surface area (Å²) in [6.45, 7) is 6.18. The van der Waals surface area contributed by atoms with E-state index in [1.165, 1.54) is 31.5 Å². The van der Waals surface area contributed by atoms with Gasteiger partial charge in [0.05, 0.1) is 0 Å². The maximum absolute atomic E-state index is 5.64. The first-order chi connectivity index (χ1) is 13.8. The van der Waals surface area contributed by atoms with Gasteiger partial charge in [0.25, 0.3) is 0 Å². The molecule has 29 heavy (non-hydrogen) atoms. The molecule has 7 nitrogen and oxygen atoms in total. The normalized spacial score (nSPS) is 20.9. The summed E-state index contributed by atoms with van der Waals surface area (Å²) in [7, 11) is 1.84. The van der Waals surface area contributed by atoms with Gasteiger partial charge in [0.1, 0.15) is 0 Å². The van der Waals surface area contributed by atoms with Crippen molar-refractivity contribution in [3.8, 4) is 11.5 Å². The van der Waals surface area contributed by atoms with Gasteiger partial charge in [-0.2, -0.15) is 0 Å². The van der Waals surface area contributed by atoms with E-state index in [9.17, 15) is 0 Å². The van der Waals surface area contributed by atoms with Crippen LogP contribution in [0.5, 0.6) is 11.5 Å². The summed E-state index contributed by atoms with van der Waals surface area (Å²) >= 11 is 0. The molecule has 2 fully saturated rings.